The summed E-state index contributed by atoms with van der Waals surface area (Å²) in [5.41, 5.74) is 5.74. The van der Waals surface area contributed by atoms with Crippen molar-refractivity contribution >= 4 is 6.03 Å². The molecule has 1 heterocycles. The molecule has 1 fully saturated rings. The van der Waals surface area contributed by atoms with Gasteiger partial charge in [0.05, 0.1) is 0 Å². The first-order valence-corrected chi connectivity index (χ1v) is 6.39. The molecule has 4 heteroatoms. The summed E-state index contributed by atoms with van der Waals surface area (Å²) in [6.45, 7) is 6.37. The van der Waals surface area contributed by atoms with Crippen molar-refractivity contribution in [1.29, 1.82) is 0 Å². The highest BCUT2D eigenvalue weighted by atomic mass is 16.2. The standard InChI is InChI=1S/C12H25N3O/c1-10(2)9-14-12(16)15-7-5-3-4-6-11(15)8-13/h10-11H,3-9,13H2,1-2H3,(H,14,16). The van der Waals surface area contributed by atoms with Gasteiger partial charge in [-0.1, -0.05) is 26.7 Å². The molecule has 94 valence electrons. The molecule has 2 amide bonds. The molecule has 1 unspecified atom stereocenters. The normalized spacial score (nSPS) is 22.0. The minimum absolute atomic E-state index is 0.0612. The van der Waals surface area contributed by atoms with E-state index < -0.39 is 0 Å². The lowest BCUT2D eigenvalue weighted by Gasteiger charge is -2.29. The minimum atomic E-state index is 0.0612. The number of likely N-dealkylation sites (tertiary alicyclic amines) is 1. The van der Waals surface area contributed by atoms with Crippen LogP contribution in [0.3, 0.4) is 0 Å². The minimum Gasteiger partial charge on any atom is -0.338 e. The Bertz CT molecular complexity index is 218. The van der Waals surface area contributed by atoms with Gasteiger partial charge >= 0.3 is 6.03 Å². The molecule has 0 spiro atoms. The van der Waals surface area contributed by atoms with Gasteiger partial charge in [-0.2, -0.15) is 0 Å². The third-order valence-corrected chi connectivity index (χ3v) is 3.07. The lowest BCUT2D eigenvalue weighted by Crippen LogP contribution is -2.49. The van der Waals surface area contributed by atoms with E-state index in [9.17, 15) is 4.79 Å². The van der Waals surface area contributed by atoms with Gasteiger partial charge in [-0.3, -0.25) is 0 Å². The van der Waals surface area contributed by atoms with Gasteiger partial charge in [-0.15, -0.1) is 0 Å². The monoisotopic (exact) mass is 227 g/mol. The van der Waals surface area contributed by atoms with E-state index in [1.807, 2.05) is 4.90 Å². The van der Waals surface area contributed by atoms with E-state index in [4.69, 9.17) is 5.73 Å². The number of nitrogens with zero attached hydrogens (tertiary/aromatic N) is 1. The molecular weight excluding hydrogens is 202 g/mol. The zero-order valence-corrected chi connectivity index (χ0v) is 10.5. The predicted octanol–water partition coefficient (Wildman–Crippen LogP) is 1.56. The van der Waals surface area contributed by atoms with Crippen molar-refractivity contribution in [2.45, 2.75) is 45.6 Å². The number of hydrogen-bond acceptors (Lipinski definition) is 2. The Morgan fingerprint density at radius 3 is 2.81 bits per heavy atom. The zero-order valence-electron chi connectivity index (χ0n) is 10.5. The quantitative estimate of drug-likeness (QED) is 0.768. The van der Waals surface area contributed by atoms with Crippen LogP contribution in [0.25, 0.3) is 0 Å². The molecule has 16 heavy (non-hydrogen) atoms. The molecule has 0 radical (unpaired) electrons. The van der Waals surface area contributed by atoms with E-state index in [0.717, 1.165) is 25.9 Å². The van der Waals surface area contributed by atoms with Crippen LogP contribution < -0.4 is 11.1 Å². The number of nitrogens with one attached hydrogen (secondary N) is 1. The second-order valence-corrected chi connectivity index (χ2v) is 5.01. The molecule has 3 N–H and O–H groups in total. The summed E-state index contributed by atoms with van der Waals surface area (Å²) < 4.78 is 0. The molecular formula is C12H25N3O. The van der Waals surface area contributed by atoms with Crippen LogP contribution >= 0.6 is 0 Å². The predicted molar refractivity (Wildman–Crippen MR) is 66.3 cm³/mol. The van der Waals surface area contributed by atoms with Crippen LogP contribution in [0, 0.1) is 5.92 Å². The average molecular weight is 227 g/mol. The molecule has 4 nitrogen and oxygen atoms in total. The van der Waals surface area contributed by atoms with Crippen LogP contribution in [-0.2, 0) is 0 Å². The van der Waals surface area contributed by atoms with Gasteiger partial charge in [0, 0.05) is 25.7 Å². The number of rotatable bonds is 3. The van der Waals surface area contributed by atoms with Crippen LogP contribution in [0.15, 0.2) is 0 Å². The summed E-state index contributed by atoms with van der Waals surface area (Å²) in [5, 5.41) is 2.98. The Balaban J connectivity index is 2.49. The molecule has 0 aromatic rings. The molecule has 0 saturated carbocycles. The van der Waals surface area contributed by atoms with Crippen LogP contribution in [0.2, 0.25) is 0 Å². The van der Waals surface area contributed by atoms with Crippen molar-refractivity contribution in [2.24, 2.45) is 11.7 Å². The van der Waals surface area contributed by atoms with Gasteiger partial charge in [-0.05, 0) is 18.8 Å². The molecule has 0 bridgehead atoms. The Labute approximate surface area is 98.6 Å². The summed E-state index contributed by atoms with van der Waals surface area (Å²) in [7, 11) is 0. The summed E-state index contributed by atoms with van der Waals surface area (Å²) in [6.07, 6.45) is 4.55. The number of urea groups is 1. The topological polar surface area (TPSA) is 58.4 Å². The maximum atomic E-state index is 12.0. The van der Waals surface area contributed by atoms with Gasteiger partial charge in [0.1, 0.15) is 0 Å². The van der Waals surface area contributed by atoms with Crippen molar-refractivity contribution in [3.8, 4) is 0 Å². The third-order valence-electron chi connectivity index (χ3n) is 3.07. The average Bonchev–Trinajstić information content (AvgIpc) is 2.50. The van der Waals surface area contributed by atoms with Crippen LogP contribution in [0.1, 0.15) is 39.5 Å². The summed E-state index contributed by atoms with van der Waals surface area (Å²) in [4.78, 5) is 13.9. The Kier molecular flexibility index (Phi) is 5.60. The van der Waals surface area contributed by atoms with Gasteiger partial charge in [-0.25, -0.2) is 4.79 Å². The van der Waals surface area contributed by atoms with E-state index in [1.165, 1.54) is 12.8 Å². The molecule has 1 atom stereocenters. The lowest BCUT2D eigenvalue weighted by atomic mass is 10.1. The fraction of sp³-hybridized carbons (Fsp3) is 0.917. The number of carbonyl (C=O) groups is 1. The maximum absolute atomic E-state index is 12.0. The number of hydrogen-bond donors (Lipinski definition) is 2. The number of nitrogens with two attached hydrogens (primary N) is 1. The van der Waals surface area contributed by atoms with Crippen LogP contribution in [0.5, 0.6) is 0 Å². The van der Waals surface area contributed by atoms with Crippen LogP contribution in [0.4, 0.5) is 4.79 Å². The molecule has 1 saturated heterocycles. The van der Waals surface area contributed by atoms with Gasteiger partial charge in [0.15, 0.2) is 0 Å². The highest BCUT2D eigenvalue weighted by molar-refractivity contribution is 5.74. The van der Waals surface area contributed by atoms with E-state index >= 15 is 0 Å². The highest BCUT2D eigenvalue weighted by Gasteiger charge is 2.23. The molecule has 0 aliphatic carbocycles. The highest BCUT2D eigenvalue weighted by Crippen LogP contribution is 2.16. The van der Waals surface area contributed by atoms with Crippen molar-refractivity contribution in [3.63, 3.8) is 0 Å². The fourth-order valence-electron chi connectivity index (χ4n) is 2.08. The SMILES string of the molecule is CC(C)CNC(=O)N1CCCCCC1CN. The fourth-order valence-corrected chi connectivity index (χ4v) is 2.08. The van der Waals surface area contributed by atoms with Crippen molar-refractivity contribution in [3.05, 3.63) is 0 Å². The number of amides is 2. The molecule has 1 rings (SSSR count). The third kappa shape index (κ3) is 4.00. The number of carbonyl (C=O) groups excluding carboxylic acids is 1. The van der Waals surface area contributed by atoms with Gasteiger partial charge < -0.3 is 16.0 Å². The van der Waals surface area contributed by atoms with E-state index in [1.54, 1.807) is 0 Å². The van der Waals surface area contributed by atoms with Gasteiger partial charge in [0.2, 0.25) is 0 Å². The van der Waals surface area contributed by atoms with Crippen molar-refractivity contribution < 1.29 is 4.79 Å². The van der Waals surface area contributed by atoms with E-state index in [-0.39, 0.29) is 12.1 Å². The molecule has 0 aromatic heterocycles. The lowest BCUT2D eigenvalue weighted by molar-refractivity contribution is 0.176. The first-order chi connectivity index (χ1) is 7.65. The van der Waals surface area contributed by atoms with Crippen molar-refractivity contribution in [2.75, 3.05) is 19.6 Å². The largest absolute Gasteiger partial charge is 0.338 e. The summed E-state index contributed by atoms with van der Waals surface area (Å²) in [5.74, 6) is 0.493. The van der Waals surface area contributed by atoms with Crippen LogP contribution in [-0.4, -0.2) is 36.6 Å². The molecule has 0 aromatic carbocycles. The second-order valence-electron chi connectivity index (χ2n) is 5.01. The first kappa shape index (κ1) is 13.3. The Morgan fingerprint density at radius 1 is 1.44 bits per heavy atom. The Hall–Kier alpha value is -0.770. The van der Waals surface area contributed by atoms with Crippen molar-refractivity contribution in [1.82, 2.24) is 10.2 Å². The summed E-state index contributed by atoms with van der Waals surface area (Å²) >= 11 is 0. The summed E-state index contributed by atoms with van der Waals surface area (Å²) in [6, 6.07) is 0.292. The Morgan fingerprint density at radius 2 is 2.19 bits per heavy atom. The molecule has 1 aliphatic rings. The zero-order chi connectivity index (χ0) is 12.0. The van der Waals surface area contributed by atoms with Gasteiger partial charge in [0.25, 0.3) is 0 Å². The first-order valence-electron chi connectivity index (χ1n) is 6.39. The molecule has 1 aliphatic heterocycles. The maximum Gasteiger partial charge on any atom is 0.317 e. The van der Waals surface area contributed by atoms with E-state index in [0.29, 0.717) is 12.5 Å². The van der Waals surface area contributed by atoms with E-state index in [2.05, 4.69) is 19.2 Å². The second kappa shape index (κ2) is 6.74. The smallest absolute Gasteiger partial charge is 0.317 e.